The standard InChI is InChI=1S/C10H14ClN3O/c1-2-9(11)4-5-12-10(15)8-3-6-13-14-7-8/h3,6-7,9H,2,4-5H2,1H3,(H,12,15). The van der Waals surface area contributed by atoms with Crippen molar-refractivity contribution in [3.05, 3.63) is 24.0 Å². The van der Waals surface area contributed by atoms with E-state index in [0.717, 1.165) is 12.8 Å². The number of halogens is 1. The van der Waals surface area contributed by atoms with Crippen molar-refractivity contribution in [2.75, 3.05) is 6.54 Å². The fourth-order valence-corrected chi connectivity index (χ4v) is 1.18. The van der Waals surface area contributed by atoms with Crippen LogP contribution in [0.25, 0.3) is 0 Å². The molecule has 0 bridgehead atoms. The van der Waals surface area contributed by atoms with Gasteiger partial charge in [0.15, 0.2) is 0 Å². The Bertz CT molecular complexity index is 305. The summed E-state index contributed by atoms with van der Waals surface area (Å²) in [6, 6.07) is 1.63. The van der Waals surface area contributed by atoms with E-state index in [1.54, 1.807) is 6.07 Å². The first kappa shape index (κ1) is 11.9. The van der Waals surface area contributed by atoms with Crippen LogP contribution in [0.15, 0.2) is 18.5 Å². The second kappa shape index (κ2) is 6.35. The minimum atomic E-state index is -0.134. The molecule has 1 unspecified atom stereocenters. The molecule has 0 radical (unpaired) electrons. The van der Waals surface area contributed by atoms with Gasteiger partial charge in [0, 0.05) is 11.9 Å². The van der Waals surface area contributed by atoms with E-state index in [2.05, 4.69) is 15.5 Å². The van der Waals surface area contributed by atoms with Gasteiger partial charge in [-0.2, -0.15) is 10.2 Å². The van der Waals surface area contributed by atoms with E-state index < -0.39 is 0 Å². The van der Waals surface area contributed by atoms with Gasteiger partial charge in [0.2, 0.25) is 0 Å². The van der Waals surface area contributed by atoms with Gasteiger partial charge in [-0.15, -0.1) is 11.6 Å². The van der Waals surface area contributed by atoms with Gasteiger partial charge in [0.25, 0.3) is 5.91 Å². The summed E-state index contributed by atoms with van der Waals surface area (Å²) in [6.07, 6.45) is 4.62. The van der Waals surface area contributed by atoms with Gasteiger partial charge in [-0.05, 0) is 18.9 Å². The summed E-state index contributed by atoms with van der Waals surface area (Å²) in [7, 11) is 0. The largest absolute Gasteiger partial charge is 0.352 e. The third kappa shape index (κ3) is 4.25. The second-order valence-corrected chi connectivity index (χ2v) is 3.80. The van der Waals surface area contributed by atoms with Crippen molar-refractivity contribution < 1.29 is 4.79 Å². The maximum atomic E-state index is 11.5. The van der Waals surface area contributed by atoms with Gasteiger partial charge >= 0.3 is 0 Å². The molecule has 0 saturated heterocycles. The normalized spacial score (nSPS) is 12.1. The third-order valence-corrected chi connectivity index (χ3v) is 2.56. The maximum Gasteiger partial charge on any atom is 0.252 e. The smallest absolute Gasteiger partial charge is 0.252 e. The lowest BCUT2D eigenvalue weighted by Gasteiger charge is -2.07. The van der Waals surface area contributed by atoms with Crippen molar-refractivity contribution in [2.45, 2.75) is 25.1 Å². The van der Waals surface area contributed by atoms with E-state index >= 15 is 0 Å². The number of hydrogen-bond acceptors (Lipinski definition) is 3. The summed E-state index contributed by atoms with van der Waals surface area (Å²) in [6.45, 7) is 2.61. The highest BCUT2D eigenvalue weighted by Crippen LogP contribution is 2.04. The molecular formula is C10H14ClN3O. The number of nitrogens with zero attached hydrogens (tertiary/aromatic N) is 2. The quantitative estimate of drug-likeness (QED) is 0.778. The van der Waals surface area contributed by atoms with Crippen LogP contribution in [0, 0.1) is 0 Å². The summed E-state index contributed by atoms with van der Waals surface area (Å²) in [4.78, 5) is 11.5. The molecule has 0 saturated carbocycles. The molecule has 0 aromatic carbocycles. The first-order valence-electron chi connectivity index (χ1n) is 4.93. The molecule has 0 aliphatic heterocycles. The zero-order valence-corrected chi connectivity index (χ0v) is 9.37. The molecule has 5 heteroatoms. The third-order valence-electron chi connectivity index (χ3n) is 2.03. The van der Waals surface area contributed by atoms with Crippen LogP contribution in [0.4, 0.5) is 0 Å². The number of alkyl halides is 1. The van der Waals surface area contributed by atoms with Gasteiger partial charge in [-0.1, -0.05) is 6.92 Å². The van der Waals surface area contributed by atoms with Crippen molar-refractivity contribution in [1.82, 2.24) is 15.5 Å². The highest BCUT2D eigenvalue weighted by Gasteiger charge is 2.06. The Morgan fingerprint density at radius 3 is 3.00 bits per heavy atom. The topological polar surface area (TPSA) is 54.9 Å². The summed E-state index contributed by atoms with van der Waals surface area (Å²) in [5, 5.41) is 10.1. The number of carbonyl (C=O) groups is 1. The maximum absolute atomic E-state index is 11.5. The molecule has 0 fully saturated rings. The van der Waals surface area contributed by atoms with E-state index in [-0.39, 0.29) is 11.3 Å². The first-order valence-corrected chi connectivity index (χ1v) is 5.36. The lowest BCUT2D eigenvalue weighted by Crippen LogP contribution is -2.26. The average Bonchev–Trinajstić information content (AvgIpc) is 2.29. The summed E-state index contributed by atoms with van der Waals surface area (Å²) >= 11 is 5.92. The summed E-state index contributed by atoms with van der Waals surface area (Å²) in [5.41, 5.74) is 0.521. The second-order valence-electron chi connectivity index (χ2n) is 3.18. The summed E-state index contributed by atoms with van der Waals surface area (Å²) < 4.78 is 0. The number of carbonyl (C=O) groups excluding carboxylic acids is 1. The van der Waals surface area contributed by atoms with Crippen molar-refractivity contribution >= 4 is 17.5 Å². The minimum Gasteiger partial charge on any atom is -0.352 e. The first-order chi connectivity index (χ1) is 7.24. The fraction of sp³-hybridized carbons (Fsp3) is 0.500. The molecule has 1 amide bonds. The van der Waals surface area contributed by atoms with E-state index in [1.165, 1.54) is 12.4 Å². The molecule has 0 aliphatic carbocycles. The van der Waals surface area contributed by atoms with Crippen LogP contribution in [-0.2, 0) is 0 Å². The van der Waals surface area contributed by atoms with Crippen molar-refractivity contribution in [3.8, 4) is 0 Å². The molecule has 1 atom stereocenters. The Hall–Kier alpha value is -1.16. The van der Waals surface area contributed by atoms with Gasteiger partial charge < -0.3 is 5.32 Å². The molecule has 0 spiro atoms. The highest BCUT2D eigenvalue weighted by molar-refractivity contribution is 6.20. The molecule has 1 aromatic heterocycles. The van der Waals surface area contributed by atoms with Crippen LogP contribution in [0.3, 0.4) is 0 Å². The number of amides is 1. The molecule has 82 valence electrons. The molecule has 1 rings (SSSR count). The summed E-state index contributed by atoms with van der Waals surface area (Å²) in [5.74, 6) is -0.134. The predicted molar refractivity (Wildman–Crippen MR) is 58.9 cm³/mol. The van der Waals surface area contributed by atoms with Crippen molar-refractivity contribution in [1.29, 1.82) is 0 Å². The monoisotopic (exact) mass is 227 g/mol. The van der Waals surface area contributed by atoms with E-state index in [9.17, 15) is 4.79 Å². The Morgan fingerprint density at radius 1 is 1.60 bits per heavy atom. The van der Waals surface area contributed by atoms with E-state index in [1.807, 2.05) is 6.92 Å². The van der Waals surface area contributed by atoms with Crippen LogP contribution in [-0.4, -0.2) is 28.0 Å². The number of rotatable bonds is 5. The molecular weight excluding hydrogens is 214 g/mol. The van der Waals surface area contributed by atoms with E-state index in [0.29, 0.717) is 12.1 Å². The molecule has 4 nitrogen and oxygen atoms in total. The fourth-order valence-electron chi connectivity index (χ4n) is 1.07. The lowest BCUT2D eigenvalue weighted by molar-refractivity contribution is 0.0952. The zero-order chi connectivity index (χ0) is 11.1. The Morgan fingerprint density at radius 2 is 2.40 bits per heavy atom. The number of hydrogen-bond donors (Lipinski definition) is 1. The predicted octanol–water partition coefficient (Wildman–Crippen LogP) is 1.61. The Labute approximate surface area is 94.0 Å². The lowest BCUT2D eigenvalue weighted by atomic mass is 10.2. The van der Waals surface area contributed by atoms with Crippen LogP contribution in [0.2, 0.25) is 0 Å². The van der Waals surface area contributed by atoms with Crippen LogP contribution in [0.5, 0.6) is 0 Å². The van der Waals surface area contributed by atoms with Gasteiger partial charge in [-0.3, -0.25) is 4.79 Å². The number of nitrogens with one attached hydrogen (secondary N) is 1. The zero-order valence-electron chi connectivity index (χ0n) is 8.61. The molecule has 1 aromatic rings. The average molecular weight is 228 g/mol. The van der Waals surface area contributed by atoms with Gasteiger partial charge in [0.1, 0.15) is 0 Å². The van der Waals surface area contributed by atoms with Crippen molar-refractivity contribution in [2.24, 2.45) is 0 Å². The van der Waals surface area contributed by atoms with Crippen LogP contribution in [0.1, 0.15) is 30.1 Å². The Balaban J connectivity index is 2.31. The Kier molecular flexibility index (Phi) is 5.04. The van der Waals surface area contributed by atoms with E-state index in [4.69, 9.17) is 11.6 Å². The SMILES string of the molecule is CCC(Cl)CCNC(=O)c1ccnnc1. The highest BCUT2D eigenvalue weighted by atomic mass is 35.5. The van der Waals surface area contributed by atoms with Crippen molar-refractivity contribution in [3.63, 3.8) is 0 Å². The minimum absolute atomic E-state index is 0.126. The van der Waals surface area contributed by atoms with Gasteiger partial charge in [-0.25, -0.2) is 0 Å². The van der Waals surface area contributed by atoms with Crippen LogP contribution >= 0.6 is 11.6 Å². The molecule has 1 N–H and O–H groups in total. The molecule has 15 heavy (non-hydrogen) atoms. The number of aromatic nitrogens is 2. The van der Waals surface area contributed by atoms with Gasteiger partial charge in [0.05, 0.1) is 18.0 Å². The molecule has 1 heterocycles. The molecule has 0 aliphatic rings. The van der Waals surface area contributed by atoms with Crippen LogP contribution < -0.4 is 5.32 Å².